The van der Waals surface area contributed by atoms with Gasteiger partial charge in [-0.1, -0.05) is 12.1 Å². The maximum Gasteiger partial charge on any atom is 0.292 e. The molecule has 0 unspecified atom stereocenters. The summed E-state index contributed by atoms with van der Waals surface area (Å²) < 4.78 is 5.12. The molecule has 110 valence electrons. The summed E-state index contributed by atoms with van der Waals surface area (Å²) in [7, 11) is 1.58. The smallest absolute Gasteiger partial charge is 0.292 e. The number of rotatable bonds is 4. The summed E-state index contributed by atoms with van der Waals surface area (Å²) in [5.74, 6) is 0.671. The normalized spacial score (nSPS) is 11.0. The van der Waals surface area contributed by atoms with E-state index < -0.39 is 0 Å². The zero-order valence-corrected chi connectivity index (χ0v) is 11.8. The van der Waals surface area contributed by atoms with Crippen molar-refractivity contribution in [2.75, 3.05) is 7.11 Å². The number of hydrogen-bond acceptors (Lipinski definition) is 5. The van der Waals surface area contributed by atoms with Gasteiger partial charge in [0, 0.05) is 12.3 Å². The Kier molecular flexibility index (Phi) is 3.78. The molecule has 0 atom stereocenters. The summed E-state index contributed by atoms with van der Waals surface area (Å²) in [5.41, 5.74) is 1.53. The van der Waals surface area contributed by atoms with E-state index in [2.05, 4.69) is 25.4 Å². The van der Waals surface area contributed by atoms with E-state index in [1.807, 2.05) is 6.07 Å². The Hall–Kier alpha value is -3.22. The molecule has 0 saturated carbocycles. The van der Waals surface area contributed by atoms with Crippen LogP contribution in [0.1, 0.15) is 0 Å². The first kappa shape index (κ1) is 13.7. The zero-order valence-electron chi connectivity index (χ0n) is 11.8. The third-order valence-corrected chi connectivity index (χ3v) is 2.99. The minimum absolute atomic E-state index is 0.182. The van der Waals surface area contributed by atoms with Crippen molar-refractivity contribution in [2.24, 2.45) is 10.2 Å². The third-order valence-electron chi connectivity index (χ3n) is 2.99. The predicted molar refractivity (Wildman–Crippen MR) is 81.8 cm³/mol. The van der Waals surface area contributed by atoms with Crippen LogP contribution in [0.4, 0.5) is 11.4 Å². The van der Waals surface area contributed by atoms with Crippen LogP contribution < -0.4 is 10.3 Å². The molecule has 2 aromatic heterocycles. The van der Waals surface area contributed by atoms with Gasteiger partial charge in [0.2, 0.25) is 0 Å². The average Bonchev–Trinajstić information content (AvgIpc) is 2.95. The predicted octanol–water partition coefficient (Wildman–Crippen LogP) is 3.19. The Labute approximate surface area is 125 Å². The van der Waals surface area contributed by atoms with Crippen LogP contribution in [-0.4, -0.2) is 22.3 Å². The average molecular weight is 295 g/mol. The zero-order chi connectivity index (χ0) is 15.4. The maximum atomic E-state index is 11.9. The van der Waals surface area contributed by atoms with E-state index in [1.54, 1.807) is 49.7 Å². The van der Waals surface area contributed by atoms with Crippen LogP contribution in [0.3, 0.4) is 0 Å². The molecule has 1 aromatic carbocycles. The maximum absolute atomic E-state index is 11.9. The minimum atomic E-state index is -0.354. The van der Waals surface area contributed by atoms with Gasteiger partial charge in [-0.2, -0.15) is 5.11 Å². The fourth-order valence-corrected chi connectivity index (χ4v) is 1.92. The van der Waals surface area contributed by atoms with Crippen molar-refractivity contribution in [1.82, 2.24) is 15.2 Å². The molecule has 0 radical (unpaired) electrons. The van der Waals surface area contributed by atoms with Gasteiger partial charge in [-0.3, -0.25) is 20.0 Å². The van der Waals surface area contributed by atoms with Gasteiger partial charge in [-0.05, 0) is 24.3 Å². The highest BCUT2D eigenvalue weighted by atomic mass is 16.5. The summed E-state index contributed by atoms with van der Waals surface area (Å²) in [6.07, 6.45) is 1.64. The number of aromatic nitrogens is 3. The van der Waals surface area contributed by atoms with Gasteiger partial charge in [-0.15, -0.1) is 5.11 Å². The topological polar surface area (TPSA) is 95.5 Å². The first-order valence-electron chi connectivity index (χ1n) is 6.56. The number of benzene rings is 1. The standard InChI is InChI=1S/C15H13N5O2/c1-22-11-6-4-5-10(9-11)17-19-14-13(18-20-15(14)21)12-7-2-3-8-16-12/h2-9H,1H3,(H2,18,20,21). The first-order chi connectivity index (χ1) is 10.8. The summed E-state index contributed by atoms with van der Waals surface area (Å²) in [4.78, 5) is 16.1. The number of ether oxygens (including phenoxy) is 1. The number of pyridine rings is 1. The van der Waals surface area contributed by atoms with E-state index in [-0.39, 0.29) is 11.2 Å². The molecule has 22 heavy (non-hydrogen) atoms. The van der Waals surface area contributed by atoms with Gasteiger partial charge in [0.15, 0.2) is 5.69 Å². The van der Waals surface area contributed by atoms with Crippen LogP contribution >= 0.6 is 0 Å². The number of nitrogens with one attached hydrogen (secondary N) is 2. The lowest BCUT2D eigenvalue weighted by molar-refractivity contribution is 0.415. The second-order valence-electron chi connectivity index (χ2n) is 4.42. The summed E-state index contributed by atoms with van der Waals surface area (Å²) in [5, 5.41) is 13.4. The highest BCUT2D eigenvalue weighted by Gasteiger charge is 2.12. The Morgan fingerprint density at radius 3 is 2.77 bits per heavy atom. The van der Waals surface area contributed by atoms with Gasteiger partial charge in [-0.25, -0.2) is 0 Å². The van der Waals surface area contributed by atoms with Crippen LogP contribution in [0.2, 0.25) is 0 Å². The summed E-state index contributed by atoms with van der Waals surface area (Å²) >= 11 is 0. The van der Waals surface area contributed by atoms with Gasteiger partial charge < -0.3 is 4.74 Å². The second kappa shape index (κ2) is 6.04. The molecule has 3 rings (SSSR count). The fraction of sp³-hybridized carbons (Fsp3) is 0.0667. The molecule has 0 spiro atoms. The molecule has 0 aliphatic carbocycles. The molecule has 0 bridgehead atoms. The van der Waals surface area contributed by atoms with Crippen molar-refractivity contribution >= 4 is 11.4 Å². The monoisotopic (exact) mass is 295 g/mol. The fourth-order valence-electron chi connectivity index (χ4n) is 1.92. The van der Waals surface area contributed by atoms with E-state index in [0.717, 1.165) is 0 Å². The second-order valence-corrected chi connectivity index (χ2v) is 4.42. The molecule has 0 fully saturated rings. The molecule has 2 N–H and O–H groups in total. The molecule has 0 amide bonds. The SMILES string of the molecule is COc1cccc(N=Nc2c(-c3ccccn3)[nH][nH]c2=O)c1. The Balaban J connectivity index is 1.97. The molecular weight excluding hydrogens is 282 g/mol. The van der Waals surface area contributed by atoms with Crippen molar-refractivity contribution in [3.8, 4) is 17.1 Å². The van der Waals surface area contributed by atoms with Crippen LogP contribution in [0.25, 0.3) is 11.4 Å². The first-order valence-corrected chi connectivity index (χ1v) is 6.56. The van der Waals surface area contributed by atoms with Crippen LogP contribution in [0.5, 0.6) is 5.75 Å². The molecule has 0 aliphatic rings. The molecular formula is C15H13N5O2. The van der Waals surface area contributed by atoms with Crippen LogP contribution in [0.15, 0.2) is 63.7 Å². The summed E-state index contributed by atoms with van der Waals surface area (Å²) in [6, 6.07) is 12.5. The van der Waals surface area contributed by atoms with Crippen molar-refractivity contribution in [1.29, 1.82) is 0 Å². The van der Waals surface area contributed by atoms with Gasteiger partial charge in [0.25, 0.3) is 5.56 Å². The number of nitrogens with zero attached hydrogens (tertiary/aromatic N) is 3. The van der Waals surface area contributed by atoms with E-state index in [9.17, 15) is 4.79 Å². The van der Waals surface area contributed by atoms with Crippen LogP contribution in [0, 0.1) is 0 Å². The van der Waals surface area contributed by atoms with E-state index in [1.165, 1.54) is 0 Å². The highest BCUT2D eigenvalue weighted by molar-refractivity contribution is 5.67. The van der Waals surface area contributed by atoms with E-state index in [0.29, 0.717) is 22.8 Å². The van der Waals surface area contributed by atoms with Gasteiger partial charge in [0.05, 0.1) is 18.5 Å². The Bertz CT molecular complexity index is 852. The Morgan fingerprint density at radius 1 is 1.09 bits per heavy atom. The lowest BCUT2D eigenvalue weighted by Gasteiger charge is -1.99. The number of methoxy groups -OCH3 is 1. The van der Waals surface area contributed by atoms with Crippen molar-refractivity contribution in [3.63, 3.8) is 0 Å². The van der Waals surface area contributed by atoms with Gasteiger partial charge >= 0.3 is 0 Å². The van der Waals surface area contributed by atoms with E-state index >= 15 is 0 Å². The van der Waals surface area contributed by atoms with Crippen molar-refractivity contribution in [2.45, 2.75) is 0 Å². The molecule has 7 heteroatoms. The molecule has 3 aromatic rings. The highest BCUT2D eigenvalue weighted by Crippen LogP contribution is 2.26. The van der Waals surface area contributed by atoms with Crippen molar-refractivity contribution in [3.05, 3.63) is 59.0 Å². The number of azo groups is 1. The molecule has 0 saturated heterocycles. The lowest BCUT2D eigenvalue weighted by atomic mass is 10.2. The number of aromatic amines is 2. The summed E-state index contributed by atoms with van der Waals surface area (Å²) in [6.45, 7) is 0. The van der Waals surface area contributed by atoms with E-state index in [4.69, 9.17) is 4.74 Å². The van der Waals surface area contributed by atoms with Gasteiger partial charge in [0.1, 0.15) is 11.4 Å². The number of H-pyrrole nitrogens is 2. The minimum Gasteiger partial charge on any atom is -0.497 e. The lowest BCUT2D eigenvalue weighted by Crippen LogP contribution is -1.96. The quantitative estimate of drug-likeness (QED) is 0.723. The number of hydrogen-bond donors (Lipinski definition) is 2. The molecule has 0 aliphatic heterocycles. The largest absolute Gasteiger partial charge is 0.497 e. The molecule has 2 heterocycles. The third kappa shape index (κ3) is 2.78. The van der Waals surface area contributed by atoms with Crippen molar-refractivity contribution < 1.29 is 4.74 Å². The molecule has 7 nitrogen and oxygen atoms in total. The Morgan fingerprint density at radius 2 is 2.00 bits per heavy atom. The van der Waals surface area contributed by atoms with Crippen LogP contribution in [-0.2, 0) is 0 Å².